The van der Waals surface area contributed by atoms with E-state index < -0.39 is 11.7 Å². The Labute approximate surface area is 158 Å². The highest BCUT2D eigenvalue weighted by Gasteiger charge is 2.34. The molecule has 0 aliphatic carbocycles. The van der Waals surface area contributed by atoms with Gasteiger partial charge in [0.2, 0.25) is 5.91 Å². The molecule has 0 radical (unpaired) electrons. The summed E-state index contributed by atoms with van der Waals surface area (Å²) in [6.45, 7) is 0.559. The average Bonchev–Trinajstić information content (AvgIpc) is 3.28. The van der Waals surface area contributed by atoms with E-state index in [9.17, 15) is 22.8 Å². The lowest BCUT2D eigenvalue weighted by molar-refractivity contribution is -0.137. The Morgan fingerprint density at radius 1 is 1.30 bits per heavy atom. The number of halogens is 3. The number of alkyl halides is 3. The minimum absolute atomic E-state index is 0.108. The summed E-state index contributed by atoms with van der Waals surface area (Å²) in [5.74, 6) is 0.0506. The third-order valence-corrected chi connectivity index (χ3v) is 5.50. The molecule has 1 saturated heterocycles. The van der Waals surface area contributed by atoms with Crippen molar-refractivity contribution in [1.82, 2.24) is 9.80 Å². The van der Waals surface area contributed by atoms with Gasteiger partial charge in [0.05, 0.1) is 17.6 Å². The Morgan fingerprint density at radius 2 is 2.00 bits per heavy atom. The second-order valence-corrected chi connectivity index (χ2v) is 7.14. The number of carbonyl (C=O) groups is 2. The summed E-state index contributed by atoms with van der Waals surface area (Å²) in [4.78, 5) is 27.4. The van der Waals surface area contributed by atoms with Gasteiger partial charge in [0.15, 0.2) is 5.76 Å². The van der Waals surface area contributed by atoms with E-state index in [0.717, 1.165) is 12.1 Å². The molecule has 1 aromatic carbocycles. The number of amides is 2. The molecule has 0 spiro atoms. The van der Waals surface area contributed by atoms with E-state index in [1.807, 2.05) is 0 Å². The monoisotopic (exact) mass is 398 g/mol. The molecule has 5 nitrogen and oxygen atoms in total. The molecule has 1 atom stereocenters. The summed E-state index contributed by atoms with van der Waals surface area (Å²) in [6.07, 6.45) is -2.99. The summed E-state index contributed by atoms with van der Waals surface area (Å²) < 4.78 is 43.2. The van der Waals surface area contributed by atoms with Crippen LogP contribution in [0.2, 0.25) is 0 Å². The van der Waals surface area contributed by atoms with Crippen LogP contribution in [0.15, 0.2) is 47.1 Å². The summed E-state index contributed by atoms with van der Waals surface area (Å²) >= 11 is 1.36. The van der Waals surface area contributed by atoms with Gasteiger partial charge in [0.25, 0.3) is 5.91 Å². The molecular weight excluding hydrogens is 381 g/mol. The van der Waals surface area contributed by atoms with Crippen LogP contribution < -0.4 is 0 Å². The fraction of sp³-hybridized carbons (Fsp3) is 0.333. The molecule has 1 fully saturated rings. The predicted octanol–water partition coefficient (Wildman–Crippen LogP) is 3.64. The maximum absolute atomic E-state index is 12.7. The van der Waals surface area contributed by atoms with Gasteiger partial charge in [-0.25, -0.2) is 0 Å². The van der Waals surface area contributed by atoms with Crippen molar-refractivity contribution < 1.29 is 27.2 Å². The Balaban J connectivity index is 1.67. The summed E-state index contributed by atoms with van der Waals surface area (Å²) in [6, 6.07) is 7.99. The Bertz CT molecular complexity index is 806. The second-order valence-electron chi connectivity index (χ2n) is 6.07. The van der Waals surface area contributed by atoms with Crippen LogP contribution in [-0.4, -0.2) is 47.5 Å². The first kappa shape index (κ1) is 19.3. The van der Waals surface area contributed by atoms with Crippen molar-refractivity contribution in [2.24, 2.45) is 0 Å². The van der Waals surface area contributed by atoms with E-state index in [2.05, 4.69) is 0 Å². The standard InChI is InChI=1S/C18H17F3N2O3S/c1-22(16(25)14-3-2-10-26-14)8-9-23-15(24)11-27-17(23)12-4-6-13(7-5-12)18(19,20)21/h2-7,10,17H,8-9,11H2,1H3/t17-/m0/s1. The Kier molecular flexibility index (Phi) is 5.50. The zero-order valence-electron chi connectivity index (χ0n) is 14.4. The minimum atomic E-state index is -4.40. The number of nitrogens with zero attached hydrogens (tertiary/aromatic N) is 2. The van der Waals surface area contributed by atoms with Gasteiger partial charge in [-0.2, -0.15) is 13.2 Å². The molecule has 9 heteroatoms. The zero-order chi connectivity index (χ0) is 19.6. The number of carbonyl (C=O) groups excluding carboxylic acids is 2. The lowest BCUT2D eigenvalue weighted by Gasteiger charge is -2.27. The van der Waals surface area contributed by atoms with Gasteiger partial charge in [-0.05, 0) is 29.8 Å². The molecule has 0 N–H and O–H groups in total. The van der Waals surface area contributed by atoms with Gasteiger partial charge >= 0.3 is 6.18 Å². The molecule has 3 rings (SSSR count). The van der Waals surface area contributed by atoms with Gasteiger partial charge in [0.1, 0.15) is 5.37 Å². The van der Waals surface area contributed by atoms with E-state index in [4.69, 9.17) is 4.42 Å². The molecule has 1 aliphatic heterocycles. The SMILES string of the molecule is CN(CCN1C(=O)CS[C@H]1c1ccc(C(F)(F)F)cc1)C(=O)c1ccco1. The summed E-state index contributed by atoms with van der Waals surface area (Å²) in [5, 5.41) is -0.369. The molecule has 2 aromatic rings. The van der Waals surface area contributed by atoms with E-state index in [0.29, 0.717) is 5.56 Å². The second kappa shape index (κ2) is 7.67. The number of hydrogen-bond acceptors (Lipinski definition) is 4. The molecule has 2 amide bonds. The van der Waals surface area contributed by atoms with Gasteiger partial charge in [-0.15, -0.1) is 11.8 Å². The molecule has 144 valence electrons. The molecular formula is C18H17F3N2O3S. The molecule has 1 aromatic heterocycles. The first-order valence-corrected chi connectivity index (χ1v) is 9.19. The first-order chi connectivity index (χ1) is 12.8. The van der Waals surface area contributed by atoms with Crippen molar-refractivity contribution in [2.45, 2.75) is 11.6 Å². The Morgan fingerprint density at radius 3 is 2.59 bits per heavy atom. The van der Waals surface area contributed by atoms with Crippen LogP contribution in [0.5, 0.6) is 0 Å². The fourth-order valence-electron chi connectivity index (χ4n) is 2.76. The highest BCUT2D eigenvalue weighted by atomic mass is 32.2. The quantitative estimate of drug-likeness (QED) is 0.772. The number of benzene rings is 1. The molecule has 0 bridgehead atoms. The van der Waals surface area contributed by atoms with E-state index >= 15 is 0 Å². The topological polar surface area (TPSA) is 53.8 Å². The maximum Gasteiger partial charge on any atom is 0.416 e. The van der Waals surface area contributed by atoms with Crippen LogP contribution in [0, 0.1) is 0 Å². The summed E-state index contributed by atoms with van der Waals surface area (Å²) in [7, 11) is 1.60. The van der Waals surface area contributed by atoms with Crippen LogP contribution in [0.4, 0.5) is 13.2 Å². The van der Waals surface area contributed by atoms with Crippen molar-refractivity contribution in [2.75, 3.05) is 25.9 Å². The number of thioether (sulfide) groups is 1. The molecule has 2 heterocycles. The predicted molar refractivity (Wildman–Crippen MR) is 94.0 cm³/mol. The highest BCUT2D eigenvalue weighted by molar-refractivity contribution is 8.00. The smallest absolute Gasteiger partial charge is 0.416 e. The van der Waals surface area contributed by atoms with Crippen LogP contribution in [0.1, 0.15) is 27.1 Å². The first-order valence-electron chi connectivity index (χ1n) is 8.14. The van der Waals surface area contributed by atoms with E-state index in [1.165, 1.54) is 35.1 Å². The van der Waals surface area contributed by atoms with Crippen molar-refractivity contribution in [3.8, 4) is 0 Å². The van der Waals surface area contributed by atoms with E-state index in [1.54, 1.807) is 24.1 Å². The average molecular weight is 398 g/mol. The number of rotatable bonds is 5. The zero-order valence-corrected chi connectivity index (χ0v) is 15.2. The van der Waals surface area contributed by atoms with Gasteiger partial charge in [0, 0.05) is 20.1 Å². The third kappa shape index (κ3) is 4.29. The lowest BCUT2D eigenvalue weighted by atomic mass is 10.1. The molecule has 0 unspecified atom stereocenters. The van der Waals surface area contributed by atoms with E-state index in [-0.39, 0.29) is 41.8 Å². The van der Waals surface area contributed by atoms with Gasteiger partial charge in [-0.3, -0.25) is 9.59 Å². The lowest BCUT2D eigenvalue weighted by Crippen LogP contribution is -2.38. The van der Waals surface area contributed by atoms with Crippen molar-refractivity contribution >= 4 is 23.6 Å². The van der Waals surface area contributed by atoms with Gasteiger partial charge < -0.3 is 14.2 Å². The normalized spacial score (nSPS) is 17.4. The number of likely N-dealkylation sites (N-methyl/N-ethyl adjacent to an activating group) is 1. The Hall–Kier alpha value is -2.42. The largest absolute Gasteiger partial charge is 0.459 e. The van der Waals surface area contributed by atoms with Crippen molar-refractivity contribution in [3.05, 3.63) is 59.5 Å². The molecule has 27 heavy (non-hydrogen) atoms. The summed E-state index contributed by atoms with van der Waals surface area (Å²) in [5.41, 5.74) is -0.102. The third-order valence-electron chi connectivity index (χ3n) is 4.25. The molecule has 1 aliphatic rings. The fourth-order valence-corrected chi connectivity index (χ4v) is 3.98. The van der Waals surface area contributed by atoms with Gasteiger partial charge in [-0.1, -0.05) is 12.1 Å². The van der Waals surface area contributed by atoms with Crippen molar-refractivity contribution in [1.29, 1.82) is 0 Å². The van der Waals surface area contributed by atoms with Crippen LogP contribution in [-0.2, 0) is 11.0 Å². The van der Waals surface area contributed by atoms with Crippen LogP contribution in [0.25, 0.3) is 0 Å². The maximum atomic E-state index is 12.7. The van der Waals surface area contributed by atoms with Crippen LogP contribution in [0.3, 0.4) is 0 Å². The van der Waals surface area contributed by atoms with Crippen LogP contribution >= 0.6 is 11.8 Å². The number of hydrogen-bond donors (Lipinski definition) is 0. The molecule has 0 saturated carbocycles. The highest BCUT2D eigenvalue weighted by Crippen LogP contribution is 2.39. The minimum Gasteiger partial charge on any atom is -0.459 e. The number of furan rings is 1. The van der Waals surface area contributed by atoms with Crippen molar-refractivity contribution in [3.63, 3.8) is 0 Å².